The van der Waals surface area contributed by atoms with E-state index < -0.39 is 5.82 Å². The molecule has 0 aromatic heterocycles. The van der Waals surface area contributed by atoms with Crippen LogP contribution in [0.3, 0.4) is 0 Å². The van der Waals surface area contributed by atoms with Gasteiger partial charge in [0, 0.05) is 31.7 Å². The number of phenols is 1. The number of nitrogens with zero attached hydrogens (tertiary/aromatic N) is 2. The van der Waals surface area contributed by atoms with Crippen molar-refractivity contribution < 1.29 is 9.50 Å². The van der Waals surface area contributed by atoms with E-state index in [2.05, 4.69) is 23.6 Å². The largest absolute Gasteiger partial charge is 0.505 e. The number of para-hydroxylation sites is 1. The molecule has 1 aromatic carbocycles. The average Bonchev–Trinajstić information content (AvgIpc) is 2.31. The summed E-state index contributed by atoms with van der Waals surface area (Å²) < 4.78 is 13.3. The van der Waals surface area contributed by atoms with Gasteiger partial charge in [0.1, 0.15) is 0 Å². The van der Waals surface area contributed by atoms with Crippen molar-refractivity contribution in [1.82, 2.24) is 9.80 Å². The Kier molecular flexibility index (Phi) is 6.25. The zero-order valence-corrected chi connectivity index (χ0v) is 12.4. The van der Waals surface area contributed by atoms with Crippen molar-refractivity contribution in [2.75, 3.05) is 33.7 Å². The number of hydrogen-bond donors (Lipinski definition) is 1. The molecule has 0 aliphatic carbocycles. The quantitative estimate of drug-likeness (QED) is 0.823. The summed E-state index contributed by atoms with van der Waals surface area (Å²) in [5, 5.41) is 9.75. The summed E-state index contributed by atoms with van der Waals surface area (Å²) in [6.07, 6.45) is 0. The zero-order valence-electron chi connectivity index (χ0n) is 12.4. The Morgan fingerprint density at radius 1 is 1.21 bits per heavy atom. The third kappa shape index (κ3) is 5.57. The molecule has 0 amide bonds. The van der Waals surface area contributed by atoms with Crippen molar-refractivity contribution in [1.29, 1.82) is 0 Å². The Balaban J connectivity index is 2.72. The maximum Gasteiger partial charge on any atom is 0.165 e. The fraction of sp³-hybridized carbons (Fsp3) is 0.600. The Bertz CT molecular complexity index is 394. The monoisotopic (exact) mass is 268 g/mol. The standard InChI is InChI=1S/C15H25FN2O/c1-12(2)10-18(9-8-17(3)4)11-13-6-5-7-14(16)15(13)19/h5-7,12,19H,8-11H2,1-4H3. The van der Waals surface area contributed by atoms with Crippen LogP contribution in [0.15, 0.2) is 18.2 Å². The molecule has 0 saturated heterocycles. The molecule has 1 N–H and O–H groups in total. The van der Waals surface area contributed by atoms with E-state index in [1.165, 1.54) is 6.07 Å². The van der Waals surface area contributed by atoms with E-state index in [1.54, 1.807) is 12.1 Å². The van der Waals surface area contributed by atoms with E-state index >= 15 is 0 Å². The van der Waals surface area contributed by atoms with Crippen LogP contribution < -0.4 is 0 Å². The van der Waals surface area contributed by atoms with Gasteiger partial charge < -0.3 is 10.0 Å². The molecule has 0 bridgehead atoms. The number of hydrogen-bond acceptors (Lipinski definition) is 3. The summed E-state index contributed by atoms with van der Waals surface area (Å²) in [6.45, 7) is 7.69. The lowest BCUT2D eigenvalue weighted by Crippen LogP contribution is -2.34. The third-order valence-corrected chi connectivity index (χ3v) is 2.95. The molecule has 0 radical (unpaired) electrons. The highest BCUT2D eigenvalue weighted by atomic mass is 19.1. The molecule has 0 aliphatic heterocycles. The lowest BCUT2D eigenvalue weighted by molar-refractivity contribution is 0.209. The molecule has 108 valence electrons. The van der Waals surface area contributed by atoms with Crippen LogP contribution in [0, 0.1) is 11.7 Å². The second kappa shape index (κ2) is 7.46. The van der Waals surface area contributed by atoms with E-state index in [-0.39, 0.29) is 5.75 Å². The summed E-state index contributed by atoms with van der Waals surface area (Å²) in [5.74, 6) is -0.228. The number of benzene rings is 1. The number of halogens is 1. The van der Waals surface area contributed by atoms with Crippen LogP contribution in [-0.2, 0) is 6.54 Å². The van der Waals surface area contributed by atoms with Gasteiger partial charge in [-0.05, 0) is 26.1 Å². The molecule has 1 aromatic rings. The first-order valence-corrected chi connectivity index (χ1v) is 6.73. The van der Waals surface area contributed by atoms with Gasteiger partial charge in [0.2, 0.25) is 0 Å². The lowest BCUT2D eigenvalue weighted by atomic mass is 10.1. The number of rotatable bonds is 7. The van der Waals surface area contributed by atoms with Crippen LogP contribution in [0.2, 0.25) is 0 Å². The minimum Gasteiger partial charge on any atom is -0.505 e. The summed E-state index contributed by atoms with van der Waals surface area (Å²) in [4.78, 5) is 4.37. The van der Waals surface area contributed by atoms with Gasteiger partial charge in [-0.15, -0.1) is 0 Å². The van der Waals surface area contributed by atoms with Gasteiger partial charge in [0.05, 0.1) is 0 Å². The molecule has 0 saturated carbocycles. The first-order valence-electron chi connectivity index (χ1n) is 6.73. The highest BCUT2D eigenvalue weighted by Gasteiger charge is 2.13. The van der Waals surface area contributed by atoms with Gasteiger partial charge in [0.25, 0.3) is 0 Å². The molecule has 19 heavy (non-hydrogen) atoms. The van der Waals surface area contributed by atoms with Gasteiger partial charge in [-0.2, -0.15) is 0 Å². The van der Waals surface area contributed by atoms with E-state index in [9.17, 15) is 9.50 Å². The van der Waals surface area contributed by atoms with Gasteiger partial charge in [0.15, 0.2) is 11.6 Å². The highest BCUT2D eigenvalue weighted by molar-refractivity contribution is 5.33. The van der Waals surface area contributed by atoms with Crippen LogP contribution >= 0.6 is 0 Å². The fourth-order valence-electron chi connectivity index (χ4n) is 2.02. The molecule has 0 heterocycles. The predicted octanol–water partition coefficient (Wildman–Crippen LogP) is 2.55. The molecule has 3 nitrogen and oxygen atoms in total. The average molecular weight is 268 g/mol. The van der Waals surface area contributed by atoms with E-state index in [0.717, 1.165) is 19.6 Å². The van der Waals surface area contributed by atoms with E-state index in [1.807, 2.05) is 14.1 Å². The van der Waals surface area contributed by atoms with Crippen molar-refractivity contribution in [2.24, 2.45) is 5.92 Å². The highest BCUT2D eigenvalue weighted by Crippen LogP contribution is 2.22. The van der Waals surface area contributed by atoms with Crippen LogP contribution in [0.1, 0.15) is 19.4 Å². The Morgan fingerprint density at radius 2 is 1.89 bits per heavy atom. The third-order valence-electron chi connectivity index (χ3n) is 2.95. The summed E-state index contributed by atoms with van der Waals surface area (Å²) in [5.41, 5.74) is 0.652. The minimum absolute atomic E-state index is 0.221. The van der Waals surface area contributed by atoms with Crippen LogP contribution in [0.4, 0.5) is 4.39 Å². The molecule has 0 spiro atoms. The number of phenolic OH excluding ortho intramolecular Hbond substituents is 1. The number of likely N-dealkylation sites (N-methyl/N-ethyl adjacent to an activating group) is 1. The molecule has 4 heteroatoms. The summed E-state index contributed by atoms with van der Waals surface area (Å²) in [7, 11) is 4.07. The molecule has 1 rings (SSSR count). The minimum atomic E-state index is -0.547. The smallest absolute Gasteiger partial charge is 0.165 e. The predicted molar refractivity (Wildman–Crippen MR) is 76.7 cm³/mol. The molecular formula is C15H25FN2O. The summed E-state index contributed by atoms with van der Waals surface area (Å²) in [6, 6.07) is 4.71. The van der Waals surface area contributed by atoms with Crippen LogP contribution in [0.25, 0.3) is 0 Å². The van der Waals surface area contributed by atoms with E-state index in [4.69, 9.17) is 0 Å². The van der Waals surface area contributed by atoms with Crippen molar-refractivity contribution in [3.05, 3.63) is 29.6 Å². The molecule has 0 fully saturated rings. The Morgan fingerprint density at radius 3 is 2.47 bits per heavy atom. The fourth-order valence-corrected chi connectivity index (χ4v) is 2.02. The normalized spacial score (nSPS) is 11.8. The Hall–Kier alpha value is -1.13. The summed E-state index contributed by atoms with van der Waals surface area (Å²) >= 11 is 0. The van der Waals surface area contributed by atoms with Crippen LogP contribution in [-0.4, -0.2) is 48.6 Å². The second-order valence-corrected chi connectivity index (χ2v) is 5.68. The maximum atomic E-state index is 13.3. The topological polar surface area (TPSA) is 26.7 Å². The lowest BCUT2D eigenvalue weighted by Gasteiger charge is -2.26. The number of aromatic hydroxyl groups is 1. The van der Waals surface area contributed by atoms with Crippen LogP contribution in [0.5, 0.6) is 5.75 Å². The molecule has 0 unspecified atom stereocenters. The van der Waals surface area contributed by atoms with E-state index in [0.29, 0.717) is 18.0 Å². The first-order chi connectivity index (χ1) is 8.90. The van der Waals surface area contributed by atoms with Gasteiger partial charge >= 0.3 is 0 Å². The molecule has 0 atom stereocenters. The molecule has 0 aliphatic rings. The zero-order chi connectivity index (χ0) is 14.4. The van der Waals surface area contributed by atoms with Crippen molar-refractivity contribution in [2.45, 2.75) is 20.4 Å². The SMILES string of the molecule is CC(C)CN(CCN(C)C)Cc1cccc(F)c1O. The first kappa shape index (κ1) is 15.9. The Labute approximate surface area is 115 Å². The van der Waals surface area contributed by atoms with Gasteiger partial charge in [-0.25, -0.2) is 4.39 Å². The van der Waals surface area contributed by atoms with Crippen molar-refractivity contribution in [3.63, 3.8) is 0 Å². The second-order valence-electron chi connectivity index (χ2n) is 5.68. The van der Waals surface area contributed by atoms with Gasteiger partial charge in [-0.1, -0.05) is 26.0 Å². The maximum absolute atomic E-state index is 13.3. The van der Waals surface area contributed by atoms with Crippen molar-refractivity contribution in [3.8, 4) is 5.75 Å². The molecular weight excluding hydrogens is 243 g/mol. The van der Waals surface area contributed by atoms with Crippen molar-refractivity contribution >= 4 is 0 Å². The van der Waals surface area contributed by atoms with Gasteiger partial charge in [-0.3, -0.25) is 4.90 Å².